The topological polar surface area (TPSA) is 67.6 Å². The summed E-state index contributed by atoms with van der Waals surface area (Å²) in [6.07, 6.45) is 0.980. The standard InChI is InChI=1S/C15H23N3O3/c1-4-21-14-7-5-6-13(15(14)18(19)20)16-12-8-9-17(3)10-11(12)2/h5-7,11-12,16H,4,8-10H2,1-3H3. The molecule has 1 saturated heterocycles. The van der Waals surface area contributed by atoms with Crippen LogP contribution in [0.25, 0.3) is 0 Å². The Morgan fingerprint density at radius 3 is 2.90 bits per heavy atom. The van der Waals surface area contributed by atoms with Crippen molar-refractivity contribution in [1.29, 1.82) is 0 Å². The molecule has 0 saturated carbocycles. The van der Waals surface area contributed by atoms with Crippen LogP contribution in [0.4, 0.5) is 11.4 Å². The summed E-state index contributed by atoms with van der Waals surface area (Å²) in [5.74, 6) is 0.771. The number of rotatable bonds is 5. The number of para-hydroxylation sites is 1. The first-order valence-corrected chi connectivity index (χ1v) is 7.38. The van der Waals surface area contributed by atoms with E-state index in [1.807, 2.05) is 6.92 Å². The summed E-state index contributed by atoms with van der Waals surface area (Å²) in [4.78, 5) is 13.3. The Morgan fingerprint density at radius 1 is 1.52 bits per heavy atom. The third-order valence-corrected chi connectivity index (χ3v) is 3.93. The van der Waals surface area contributed by atoms with Crippen molar-refractivity contribution >= 4 is 11.4 Å². The number of piperidine rings is 1. The largest absolute Gasteiger partial charge is 0.487 e. The summed E-state index contributed by atoms with van der Waals surface area (Å²) >= 11 is 0. The van der Waals surface area contributed by atoms with Crippen molar-refractivity contribution in [3.05, 3.63) is 28.3 Å². The van der Waals surface area contributed by atoms with E-state index in [2.05, 4.69) is 24.2 Å². The van der Waals surface area contributed by atoms with Crippen LogP contribution in [-0.4, -0.2) is 42.6 Å². The number of anilines is 1. The molecule has 6 nitrogen and oxygen atoms in total. The van der Waals surface area contributed by atoms with Crippen LogP contribution in [0.2, 0.25) is 0 Å². The van der Waals surface area contributed by atoms with Crippen molar-refractivity contribution in [2.75, 3.05) is 32.1 Å². The number of nitrogens with one attached hydrogen (secondary N) is 1. The molecular weight excluding hydrogens is 270 g/mol. The van der Waals surface area contributed by atoms with Gasteiger partial charge >= 0.3 is 5.69 Å². The first-order chi connectivity index (χ1) is 10.0. The summed E-state index contributed by atoms with van der Waals surface area (Å²) in [6, 6.07) is 5.44. The van der Waals surface area contributed by atoms with E-state index in [9.17, 15) is 10.1 Å². The van der Waals surface area contributed by atoms with Gasteiger partial charge in [-0.3, -0.25) is 10.1 Å². The second-order valence-corrected chi connectivity index (χ2v) is 5.62. The van der Waals surface area contributed by atoms with Crippen molar-refractivity contribution in [3.63, 3.8) is 0 Å². The van der Waals surface area contributed by atoms with Gasteiger partial charge in [0.1, 0.15) is 5.69 Å². The van der Waals surface area contributed by atoms with E-state index in [1.165, 1.54) is 0 Å². The van der Waals surface area contributed by atoms with Gasteiger partial charge in [0.2, 0.25) is 0 Å². The van der Waals surface area contributed by atoms with E-state index < -0.39 is 0 Å². The van der Waals surface area contributed by atoms with Gasteiger partial charge in [-0.25, -0.2) is 0 Å². The molecule has 1 aromatic rings. The SMILES string of the molecule is CCOc1cccc(NC2CCN(C)CC2C)c1[N+](=O)[O-]. The van der Waals surface area contributed by atoms with E-state index in [0.29, 0.717) is 24.0 Å². The molecule has 1 aromatic carbocycles. The molecule has 0 bridgehead atoms. The van der Waals surface area contributed by atoms with Gasteiger partial charge in [-0.05, 0) is 45.0 Å². The lowest BCUT2D eigenvalue weighted by molar-refractivity contribution is -0.385. The summed E-state index contributed by atoms with van der Waals surface area (Å²) in [7, 11) is 2.10. The van der Waals surface area contributed by atoms with Gasteiger partial charge in [0.15, 0.2) is 5.75 Å². The van der Waals surface area contributed by atoms with Crippen molar-refractivity contribution in [2.24, 2.45) is 5.92 Å². The highest BCUT2D eigenvalue weighted by Gasteiger charge is 2.28. The predicted molar refractivity (Wildman–Crippen MR) is 83.0 cm³/mol. The number of nitrogens with zero attached hydrogens (tertiary/aromatic N) is 2. The van der Waals surface area contributed by atoms with E-state index >= 15 is 0 Å². The summed E-state index contributed by atoms with van der Waals surface area (Å²) < 4.78 is 5.38. The first kappa shape index (κ1) is 15.6. The average molecular weight is 293 g/mol. The molecular formula is C15H23N3O3. The zero-order valence-corrected chi connectivity index (χ0v) is 12.8. The van der Waals surface area contributed by atoms with Crippen LogP contribution in [0.3, 0.4) is 0 Å². The predicted octanol–water partition coefficient (Wildman–Crippen LogP) is 2.75. The second kappa shape index (κ2) is 6.76. The highest BCUT2D eigenvalue weighted by atomic mass is 16.6. The Balaban J connectivity index is 2.23. The molecule has 0 aliphatic carbocycles. The maximum Gasteiger partial charge on any atom is 0.333 e. The lowest BCUT2D eigenvalue weighted by Gasteiger charge is -2.35. The Hall–Kier alpha value is -1.82. The molecule has 116 valence electrons. The van der Waals surface area contributed by atoms with Gasteiger partial charge in [-0.2, -0.15) is 0 Å². The number of likely N-dealkylation sites (tertiary alicyclic amines) is 1. The Kier molecular flexibility index (Phi) is 5.01. The van der Waals surface area contributed by atoms with E-state index in [1.54, 1.807) is 18.2 Å². The highest BCUT2D eigenvalue weighted by molar-refractivity contribution is 5.68. The Morgan fingerprint density at radius 2 is 2.29 bits per heavy atom. The number of hydrogen-bond donors (Lipinski definition) is 1. The number of ether oxygens (including phenoxy) is 1. The summed E-state index contributed by atoms with van der Waals surface area (Å²) in [5, 5.41) is 14.7. The van der Waals surface area contributed by atoms with Gasteiger partial charge in [0, 0.05) is 12.6 Å². The lowest BCUT2D eigenvalue weighted by atomic mass is 9.94. The monoisotopic (exact) mass is 293 g/mol. The van der Waals surface area contributed by atoms with Crippen LogP contribution in [0.15, 0.2) is 18.2 Å². The third kappa shape index (κ3) is 3.64. The van der Waals surface area contributed by atoms with Crippen molar-refractivity contribution in [1.82, 2.24) is 4.90 Å². The summed E-state index contributed by atoms with van der Waals surface area (Å²) in [5.41, 5.74) is 0.581. The van der Waals surface area contributed by atoms with Crippen LogP contribution in [0, 0.1) is 16.0 Å². The second-order valence-electron chi connectivity index (χ2n) is 5.62. The van der Waals surface area contributed by atoms with Crippen molar-refractivity contribution in [2.45, 2.75) is 26.3 Å². The van der Waals surface area contributed by atoms with E-state index in [0.717, 1.165) is 19.5 Å². The number of nitro benzene ring substituents is 1. The molecule has 0 radical (unpaired) electrons. The fourth-order valence-corrected chi connectivity index (χ4v) is 2.87. The van der Waals surface area contributed by atoms with Gasteiger partial charge in [0.05, 0.1) is 11.5 Å². The van der Waals surface area contributed by atoms with Gasteiger partial charge in [0.25, 0.3) is 0 Å². The minimum absolute atomic E-state index is 0.0329. The molecule has 21 heavy (non-hydrogen) atoms. The Bertz CT molecular complexity index is 507. The van der Waals surface area contributed by atoms with Crippen LogP contribution in [-0.2, 0) is 0 Å². The fraction of sp³-hybridized carbons (Fsp3) is 0.600. The fourth-order valence-electron chi connectivity index (χ4n) is 2.87. The van der Waals surface area contributed by atoms with Crippen molar-refractivity contribution < 1.29 is 9.66 Å². The van der Waals surface area contributed by atoms with Crippen LogP contribution in [0.5, 0.6) is 5.75 Å². The number of benzene rings is 1. The molecule has 1 aliphatic heterocycles. The smallest absolute Gasteiger partial charge is 0.333 e. The minimum Gasteiger partial charge on any atom is -0.487 e. The maximum atomic E-state index is 11.4. The zero-order valence-electron chi connectivity index (χ0n) is 12.8. The van der Waals surface area contributed by atoms with E-state index in [-0.39, 0.29) is 16.7 Å². The minimum atomic E-state index is -0.368. The van der Waals surface area contributed by atoms with Crippen molar-refractivity contribution in [3.8, 4) is 5.75 Å². The van der Waals surface area contributed by atoms with Crippen LogP contribution in [0.1, 0.15) is 20.3 Å². The number of nitro groups is 1. The maximum absolute atomic E-state index is 11.4. The van der Waals surface area contributed by atoms with Crippen LogP contribution >= 0.6 is 0 Å². The lowest BCUT2D eigenvalue weighted by Crippen LogP contribution is -2.43. The molecule has 0 aromatic heterocycles. The molecule has 0 amide bonds. The van der Waals surface area contributed by atoms with Gasteiger partial charge < -0.3 is 15.0 Å². The molecule has 1 N–H and O–H groups in total. The Labute approximate surface area is 125 Å². The number of hydrogen-bond acceptors (Lipinski definition) is 5. The quantitative estimate of drug-likeness (QED) is 0.668. The molecule has 2 unspecified atom stereocenters. The molecule has 6 heteroatoms. The average Bonchev–Trinajstić information content (AvgIpc) is 2.42. The highest BCUT2D eigenvalue weighted by Crippen LogP contribution is 2.36. The molecule has 1 aliphatic rings. The van der Waals surface area contributed by atoms with Crippen LogP contribution < -0.4 is 10.1 Å². The summed E-state index contributed by atoms with van der Waals surface area (Å²) in [6.45, 7) is 6.40. The normalized spacial score (nSPS) is 22.8. The molecule has 2 rings (SSSR count). The third-order valence-electron chi connectivity index (χ3n) is 3.93. The van der Waals surface area contributed by atoms with Gasteiger partial charge in [-0.15, -0.1) is 0 Å². The molecule has 2 atom stereocenters. The van der Waals surface area contributed by atoms with Gasteiger partial charge in [-0.1, -0.05) is 13.0 Å². The van der Waals surface area contributed by atoms with E-state index in [4.69, 9.17) is 4.74 Å². The first-order valence-electron chi connectivity index (χ1n) is 7.38. The zero-order chi connectivity index (χ0) is 15.4. The molecule has 0 spiro atoms. The molecule has 1 heterocycles. The molecule has 1 fully saturated rings.